The van der Waals surface area contributed by atoms with Crippen LogP contribution in [-0.2, 0) is 9.53 Å². The predicted octanol–water partition coefficient (Wildman–Crippen LogP) is 2.04. The summed E-state index contributed by atoms with van der Waals surface area (Å²) in [5.41, 5.74) is 6.55. The van der Waals surface area contributed by atoms with Crippen molar-refractivity contribution in [3.05, 3.63) is 108 Å². The molecule has 1 amide bonds. The second kappa shape index (κ2) is 11.0. The smallest absolute Gasteiger partial charge is 0.265 e. The average molecular weight is 398 g/mol. The molecule has 150 valence electrons. The summed E-state index contributed by atoms with van der Waals surface area (Å²) < 4.78 is 5.16. The van der Waals surface area contributed by atoms with Gasteiger partial charge in [-0.2, -0.15) is 0 Å². The molecular formula is C24H22N4O2. The molecule has 0 fully saturated rings. The molecule has 2 aliphatic heterocycles. The third-order valence-electron chi connectivity index (χ3n) is 4.13. The van der Waals surface area contributed by atoms with E-state index >= 15 is 0 Å². The highest BCUT2D eigenvalue weighted by molar-refractivity contribution is 6.08. The summed E-state index contributed by atoms with van der Waals surface area (Å²) in [7, 11) is 0. The Morgan fingerprint density at radius 2 is 1.70 bits per heavy atom. The summed E-state index contributed by atoms with van der Waals surface area (Å²) in [6.07, 6.45) is 24.7. The van der Waals surface area contributed by atoms with Crippen LogP contribution < -0.4 is 16.2 Å². The minimum atomic E-state index is -0.526. The van der Waals surface area contributed by atoms with Gasteiger partial charge in [0.25, 0.3) is 5.91 Å². The lowest BCUT2D eigenvalue weighted by molar-refractivity contribution is -0.115. The Hall–Kier alpha value is -4.19. The van der Waals surface area contributed by atoms with Crippen LogP contribution in [0.2, 0.25) is 0 Å². The molecule has 2 bridgehead atoms. The van der Waals surface area contributed by atoms with Gasteiger partial charge < -0.3 is 15.4 Å². The van der Waals surface area contributed by atoms with Gasteiger partial charge >= 0.3 is 0 Å². The van der Waals surface area contributed by atoms with Gasteiger partial charge in [-0.3, -0.25) is 9.79 Å². The second-order valence-electron chi connectivity index (χ2n) is 6.23. The van der Waals surface area contributed by atoms with Gasteiger partial charge in [0.2, 0.25) is 0 Å². The molecule has 6 nitrogen and oxygen atoms in total. The lowest BCUT2D eigenvalue weighted by Gasteiger charge is -2.13. The van der Waals surface area contributed by atoms with Crippen LogP contribution in [0.4, 0.5) is 0 Å². The van der Waals surface area contributed by atoms with Crippen LogP contribution in [0.25, 0.3) is 12.2 Å². The van der Waals surface area contributed by atoms with Crippen molar-refractivity contribution < 1.29 is 9.53 Å². The monoisotopic (exact) mass is 398 g/mol. The molecule has 30 heavy (non-hydrogen) atoms. The molecule has 2 aliphatic rings. The third-order valence-corrected chi connectivity index (χ3v) is 4.13. The molecule has 0 unspecified atom stereocenters. The van der Waals surface area contributed by atoms with Crippen LogP contribution in [0.15, 0.2) is 107 Å². The van der Waals surface area contributed by atoms with E-state index in [0.717, 1.165) is 16.1 Å². The van der Waals surface area contributed by atoms with Gasteiger partial charge in [-0.25, -0.2) is 4.99 Å². The van der Waals surface area contributed by atoms with E-state index in [9.17, 15) is 4.79 Å². The standard InChI is InChI=1S/C24H22N4O2/c25-24(29)23-17-22-18-28(23)15-14-26-19-30-16-7-3-1-2-4-9-20-10-5-6-11-21(20)12-8-13-27-22/h1-17,19H,18H2,(H2,25,29). The fourth-order valence-electron chi connectivity index (χ4n) is 2.74. The number of primary amides is 1. The zero-order valence-corrected chi connectivity index (χ0v) is 16.3. The SMILES string of the molecule is NC(=O)C1=CC2=NC=CC=c3ccccc3=CC=CC=CC=COC=NC=CN1C2. The van der Waals surface area contributed by atoms with Gasteiger partial charge in [0.05, 0.1) is 18.5 Å². The first-order chi connectivity index (χ1) is 14.7. The summed E-state index contributed by atoms with van der Waals surface area (Å²) >= 11 is 0. The van der Waals surface area contributed by atoms with Crippen LogP contribution in [0, 0.1) is 0 Å². The summed E-state index contributed by atoms with van der Waals surface area (Å²) in [6.45, 7) is 0.426. The summed E-state index contributed by atoms with van der Waals surface area (Å²) in [4.78, 5) is 21.8. The normalized spacial score (nSPS) is 16.5. The number of hydrogen-bond donors (Lipinski definition) is 1. The van der Waals surface area contributed by atoms with E-state index < -0.39 is 5.91 Å². The van der Waals surface area contributed by atoms with Gasteiger partial charge in [0.1, 0.15) is 5.70 Å². The van der Waals surface area contributed by atoms with E-state index in [1.54, 1.807) is 29.5 Å². The highest BCUT2D eigenvalue weighted by Gasteiger charge is 2.21. The number of carbonyl (C=O) groups excluding carboxylic acids is 1. The molecule has 0 spiro atoms. The Labute approximate surface area is 175 Å². The van der Waals surface area contributed by atoms with E-state index in [2.05, 4.69) is 9.98 Å². The maximum atomic E-state index is 11.7. The fourth-order valence-corrected chi connectivity index (χ4v) is 2.74. The number of hydrogen-bond acceptors (Lipinski definition) is 5. The zero-order valence-electron chi connectivity index (χ0n) is 16.3. The third kappa shape index (κ3) is 6.17. The van der Waals surface area contributed by atoms with E-state index in [1.165, 1.54) is 18.9 Å². The minimum absolute atomic E-state index is 0.359. The summed E-state index contributed by atoms with van der Waals surface area (Å²) in [6, 6.07) is 8.07. The van der Waals surface area contributed by atoms with Crippen molar-refractivity contribution in [1.82, 2.24) is 4.90 Å². The number of fused-ring (bicyclic) bond motifs is 3. The highest BCUT2D eigenvalue weighted by Crippen LogP contribution is 2.14. The molecule has 0 saturated heterocycles. The Balaban J connectivity index is 1.94. The van der Waals surface area contributed by atoms with Crippen LogP contribution in [0.3, 0.4) is 0 Å². The van der Waals surface area contributed by atoms with E-state index in [1.807, 2.05) is 66.8 Å². The Morgan fingerprint density at radius 3 is 2.50 bits per heavy atom. The molecule has 0 aromatic heterocycles. The van der Waals surface area contributed by atoms with Gasteiger partial charge in [-0.05, 0) is 28.7 Å². The van der Waals surface area contributed by atoms with Crippen molar-refractivity contribution in [1.29, 1.82) is 0 Å². The van der Waals surface area contributed by atoms with Gasteiger partial charge in [-0.1, -0.05) is 60.7 Å². The molecule has 1 aromatic carbocycles. The van der Waals surface area contributed by atoms with Crippen molar-refractivity contribution in [2.75, 3.05) is 6.54 Å². The first-order valence-electron chi connectivity index (χ1n) is 9.35. The van der Waals surface area contributed by atoms with Gasteiger partial charge in [0.15, 0.2) is 6.40 Å². The van der Waals surface area contributed by atoms with Crippen molar-refractivity contribution in [3.8, 4) is 0 Å². The van der Waals surface area contributed by atoms with Crippen LogP contribution in [-0.4, -0.2) is 29.5 Å². The first-order valence-corrected chi connectivity index (χ1v) is 9.35. The molecule has 1 aromatic rings. The molecule has 0 saturated carbocycles. The number of nitrogens with zero attached hydrogens (tertiary/aromatic N) is 3. The van der Waals surface area contributed by atoms with E-state index in [-0.39, 0.29) is 0 Å². The Kier molecular flexibility index (Phi) is 7.51. The van der Waals surface area contributed by atoms with Gasteiger partial charge in [-0.15, -0.1) is 0 Å². The topological polar surface area (TPSA) is 80.3 Å². The molecule has 2 N–H and O–H groups in total. The van der Waals surface area contributed by atoms with Crippen molar-refractivity contribution in [2.45, 2.75) is 0 Å². The lowest BCUT2D eigenvalue weighted by Crippen LogP contribution is -2.25. The number of benzene rings is 1. The number of rotatable bonds is 1. The molecule has 0 atom stereocenters. The fraction of sp³-hybridized carbons (Fsp3) is 0.0417. The molecule has 3 rings (SSSR count). The summed E-state index contributed by atoms with van der Waals surface area (Å²) in [5.74, 6) is -0.526. The van der Waals surface area contributed by atoms with E-state index in [0.29, 0.717) is 12.2 Å². The maximum Gasteiger partial charge on any atom is 0.265 e. The van der Waals surface area contributed by atoms with Crippen LogP contribution in [0.5, 0.6) is 0 Å². The van der Waals surface area contributed by atoms with E-state index in [4.69, 9.17) is 10.5 Å². The Bertz CT molecular complexity index is 1130. The quantitative estimate of drug-likeness (QED) is 0.786. The minimum Gasteiger partial charge on any atom is -0.453 e. The second-order valence-corrected chi connectivity index (χ2v) is 6.23. The predicted molar refractivity (Wildman–Crippen MR) is 121 cm³/mol. The molecular weight excluding hydrogens is 376 g/mol. The zero-order chi connectivity index (χ0) is 21.0. The number of amides is 1. The summed E-state index contributed by atoms with van der Waals surface area (Å²) in [5, 5.41) is 2.16. The maximum absolute atomic E-state index is 11.7. The molecule has 2 heterocycles. The molecule has 0 aliphatic carbocycles. The first kappa shape index (κ1) is 20.5. The van der Waals surface area contributed by atoms with Crippen molar-refractivity contribution >= 4 is 30.2 Å². The van der Waals surface area contributed by atoms with Gasteiger partial charge in [0, 0.05) is 18.6 Å². The Morgan fingerprint density at radius 1 is 0.967 bits per heavy atom. The number of ether oxygens (including phenoxy) is 1. The molecule has 6 heteroatoms. The lowest BCUT2D eigenvalue weighted by atomic mass is 10.2. The number of aliphatic imine (C=N–C) groups is 2. The largest absolute Gasteiger partial charge is 0.453 e. The number of carbonyl (C=O) groups is 1. The van der Waals surface area contributed by atoms with Crippen molar-refractivity contribution in [2.24, 2.45) is 15.7 Å². The molecule has 0 radical (unpaired) electrons. The average Bonchev–Trinajstić information content (AvgIpc) is 3.15. The highest BCUT2D eigenvalue weighted by atomic mass is 16.5. The number of nitrogens with two attached hydrogens (primary N) is 1. The van der Waals surface area contributed by atoms with Crippen LogP contribution in [0.1, 0.15) is 0 Å². The van der Waals surface area contributed by atoms with Crippen molar-refractivity contribution in [3.63, 3.8) is 0 Å². The van der Waals surface area contributed by atoms with Crippen LogP contribution >= 0.6 is 0 Å². The number of allylic oxidation sites excluding steroid dienone is 6.